The summed E-state index contributed by atoms with van der Waals surface area (Å²) in [5.41, 5.74) is 10.9. The number of hydrogen-bond acceptors (Lipinski definition) is 3. The van der Waals surface area contributed by atoms with Gasteiger partial charge in [-0.15, -0.1) is 0 Å². The number of benzene rings is 1. The first kappa shape index (κ1) is 11.1. The monoisotopic (exact) mass is 240 g/mol. The Bertz CT molecular complexity index is 593. The molecule has 1 aliphatic heterocycles. The van der Waals surface area contributed by atoms with Gasteiger partial charge in [-0.05, 0) is 43.0 Å². The molecule has 0 atom stereocenters. The Balaban J connectivity index is 2.17. The summed E-state index contributed by atoms with van der Waals surface area (Å²) in [6, 6.07) is 8.13. The van der Waals surface area contributed by atoms with E-state index in [9.17, 15) is 0 Å². The summed E-state index contributed by atoms with van der Waals surface area (Å²) in [6.45, 7) is 2.76. The van der Waals surface area contributed by atoms with Crippen LogP contribution in [0.3, 0.4) is 0 Å². The van der Waals surface area contributed by atoms with Gasteiger partial charge in [-0.3, -0.25) is 4.98 Å². The molecule has 18 heavy (non-hydrogen) atoms. The van der Waals surface area contributed by atoms with E-state index in [1.807, 2.05) is 31.3 Å². The van der Waals surface area contributed by atoms with Crippen molar-refractivity contribution in [2.45, 2.75) is 19.8 Å². The van der Waals surface area contributed by atoms with E-state index in [0.29, 0.717) is 5.69 Å². The van der Waals surface area contributed by atoms with Crippen molar-refractivity contribution in [3.63, 3.8) is 0 Å². The Hall–Kier alpha value is -2.03. The van der Waals surface area contributed by atoms with Gasteiger partial charge in [0.1, 0.15) is 5.75 Å². The Morgan fingerprint density at radius 3 is 3.06 bits per heavy atom. The van der Waals surface area contributed by atoms with Gasteiger partial charge in [0.15, 0.2) is 0 Å². The molecule has 1 aromatic heterocycles. The highest BCUT2D eigenvalue weighted by molar-refractivity contribution is 5.78. The number of ether oxygens (including phenoxy) is 1. The van der Waals surface area contributed by atoms with Gasteiger partial charge in [-0.1, -0.05) is 12.1 Å². The fraction of sp³-hybridized carbons (Fsp3) is 0.267. The summed E-state index contributed by atoms with van der Waals surface area (Å²) in [5, 5.41) is 0. The van der Waals surface area contributed by atoms with Crippen LogP contribution in [0.1, 0.15) is 17.5 Å². The molecule has 2 aromatic rings. The molecule has 2 heterocycles. The van der Waals surface area contributed by atoms with E-state index >= 15 is 0 Å². The SMILES string of the molecule is Cc1cnc(-c2cccc3c2OCCC3)c(N)c1. The highest BCUT2D eigenvalue weighted by Crippen LogP contribution is 2.37. The van der Waals surface area contributed by atoms with Crippen LogP contribution in [-0.4, -0.2) is 11.6 Å². The topological polar surface area (TPSA) is 48.1 Å². The van der Waals surface area contributed by atoms with Gasteiger partial charge in [-0.25, -0.2) is 0 Å². The van der Waals surface area contributed by atoms with E-state index in [4.69, 9.17) is 10.5 Å². The molecule has 0 radical (unpaired) electrons. The number of pyridine rings is 1. The van der Waals surface area contributed by atoms with Gasteiger partial charge in [-0.2, -0.15) is 0 Å². The minimum Gasteiger partial charge on any atom is -0.493 e. The third-order valence-electron chi connectivity index (χ3n) is 3.24. The molecule has 1 aliphatic rings. The van der Waals surface area contributed by atoms with Gasteiger partial charge >= 0.3 is 0 Å². The molecule has 2 N–H and O–H groups in total. The Morgan fingerprint density at radius 1 is 1.33 bits per heavy atom. The van der Waals surface area contributed by atoms with Crippen molar-refractivity contribution in [1.82, 2.24) is 4.98 Å². The average molecular weight is 240 g/mol. The lowest BCUT2D eigenvalue weighted by Crippen LogP contribution is -2.09. The average Bonchev–Trinajstić information content (AvgIpc) is 2.38. The number of anilines is 1. The molecule has 92 valence electrons. The van der Waals surface area contributed by atoms with Crippen molar-refractivity contribution in [2.75, 3.05) is 12.3 Å². The number of aromatic nitrogens is 1. The van der Waals surface area contributed by atoms with E-state index < -0.39 is 0 Å². The van der Waals surface area contributed by atoms with Crippen LogP contribution in [0.4, 0.5) is 5.69 Å². The molecular weight excluding hydrogens is 224 g/mol. The lowest BCUT2D eigenvalue weighted by atomic mass is 9.99. The summed E-state index contributed by atoms with van der Waals surface area (Å²) in [5.74, 6) is 0.951. The number of fused-ring (bicyclic) bond motifs is 1. The normalized spacial score (nSPS) is 13.8. The minimum absolute atomic E-state index is 0.706. The van der Waals surface area contributed by atoms with Crippen LogP contribution in [0.2, 0.25) is 0 Å². The molecular formula is C15H16N2O. The standard InChI is InChI=1S/C15H16N2O/c1-10-8-13(16)14(17-9-10)12-6-2-4-11-5-3-7-18-15(11)12/h2,4,6,8-9H,3,5,7,16H2,1H3. The van der Waals surface area contributed by atoms with Crippen LogP contribution in [0.15, 0.2) is 30.5 Å². The lowest BCUT2D eigenvalue weighted by molar-refractivity contribution is 0.289. The third-order valence-corrected chi connectivity index (χ3v) is 3.24. The molecule has 0 amide bonds. The van der Waals surface area contributed by atoms with Crippen molar-refractivity contribution < 1.29 is 4.74 Å². The summed E-state index contributed by atoms with van der Waals surface area (Å²) < 4.78 is 5.80. The molecule has 3 rings (SSSR count). The second-order valence-corrected chi connectivity index (χ2v) is 4.70. The zero-order chi connectivity index (χ0) is 12.5. The third kappa shape index (κ3) is 1.82. The zero-order valence-electron chi connectivity index (χ0n) is 10.4. The quantitative estimate of drug-likeness (QED) is 0.833. The molecule has 1 aromatic carbocycles. The summed E-state index contributed by atoms with van der Waals surface area (Å²) in [4.78, 5) is 4.45. The first-order chi connectivity index (χ1) is 8.75. The van der Waals surface area contributed by atoms with E-state index in [-0.39, 0.29) is 0 Å². The van der Waals surface area contributed by atoms with Crippen LogP contribution in [0.5, 0.6) is 5.75 Å². The van der Waals surface area contributed by atoms with Crippen molar-refractivity contribution in [1.29, 1.82) is 0 Å². The molecule has 0 fully saturated rings. The van der Waals surface area contributed by atoms with Gasteiger partial charge in [0.25, 0.3) is 0 Å². The van der Waals surface area contributed by atoms with Gasteiger partial charge < -0.3 is 10.5 Å². The molecule has 0 saturated heterocycles. The predicted octanol–water partition coefficient (Wildman–Crippen LogP) is 2.96. The smallest absolute Gasteiger partial charge is 0.131 e. The highest BCUT2D eigenvalue weighted by atomic mass is 16.5. The van der Waals surface area contributed by atoms with E-state index in [2.05, 4.69) is 11.1 Å². The number of hydrogen-bond donors (Lipinski definition) is 1. The highest BCUT2D eigenvalue weighted by Gasteiger charge is 2.17. The van der Waals surface area contributed by atoms with Crippen molar-refractivity contribution >= 4 is 5.69 Å². The zero-order valence-corrected chi connectivity index (χ0v) is 10.4. The summed E-state index contributed by atoms with van der Waals surface area (Å²) in [6.07, 6.45) is 3.98. The van der Waals surface area contributed by atoms with E-state index in [0.717, 1.165) is 42.0 Å². The fourth-order valence-electron chi connectivity index (χ4n) is 2.39. The number of aryl methyl sites for hydroxylation is 2. The molecule has 0 saturated carbocycles. The first-order valence-electron chi connectivity index (χ1n) is 6.23. The van der Waals surface area contributed by atoms with E-state index in [1.165, 1.54) is 5.56 Å². The van der Waals surface area contributed by atoms with Crippen LogP contribution in [0, 0.1) is 6.92 Å². The maximum absolute atomic E-state index is 6.07. The number of rotatable bonds is 1. The van der Waals surface area contributed by atoms with Crippen molar-refractivity contribution in [3.8, 4) is 17.0 Å². The maximum atomic E-state index is 6.07. The van der Waals surface area contributed by atoms with Crippen molar-refractivity contribution in [2.24, 2.45) is 0 Å². The second kappa shape index (κ2) is 4.33. The Morgan fingerprint density at radius 2 is 2.22 bits per heavy atom. The van der Waals surface area contributed by atoms with Gasteiger partial charge in [0.05, 0.1) is 18.0 Å². The molecule has 0 bridgehead atoms. The van der Waals surface area contributed by atoms with Crippen molar-refractivity contribution in [3.05, 3.63) is 41.6 Å². The number of nitrogens with two attached hydrogens (primary N) is 1. The van der Waals surface area contributed by atoms with E-state index in [1.54, 1.807) is 0 Å². The molecule has 3 heteroatoms. The molecule has 0 unspecified atom stereocenters. The van der Waals surface area contributed by atoms with Crippen LogP contribution in [-0.2, 0) is 6.42 Å². The number of nitrogen functional groups attached to an aromatic ring is 1. The second-order valence-electron chi connectivity index (χ2n) is 4.70. The maximum Gasteiger partial charge on any atom is 0.131 e. The van der Waals surface area contributed by atoms with Crippen LogP contribution in [0.25, 0.3) is 11.3 Å². The lowest BCUT2D eigenvalue weighted by Gasteiger charge is -2.20. The fourth-order valence-corrected chi connectivity index (χ4v) is 2.39. The Kier molecular flexibility index (Phi) is 2.67. The Labute approximate surface area is 107 Å². The minimum atomic E-state index is 0.706. The summed E-state index contributed by atoms with van der Waals surface area (Å²) >= 11 is 0. The number of nitrogens with zero attached hydrogens (tertiary/aromatic N) is 1. The largest absolute Gasteiger partial charge is 0.493 e. The van der Waals surface area contributed by atoms with Crippen LogP contribution < -0.4 is 10.5 Å². The molecule has 0 aliphatic carbocycles. The first-order valence-corrected chi connectivity index (χ1v) is 6.23. The van der Waals surface area contributed by atoms with Crippen LogP contribution >= 0.6 is 0 Å². The predicted molar refractivity (Wildman–Crippen MR) is 72.6 cm³/mol. The molecule has 3 nitrogen and oxygen atoms in total. The van der Waals surface area contributed by atoms with Gasteiger partial charge in [0.2, 0.25) is 0 Å². The molecule has 0 spiro atoms. The van der Waals surface area contributed by atoms with Gasteiger partial charge in [0, 0.05) is 11.8 Å². The summed E-state index contributed by atoms with van der Waals surface area (Å²) in [7, 11) is 0. The number of para-hydroxylation sites is 1.